The van der Waals surface area contributed by atoms with Gasteiger partial charge < -0.3 is 16.0 Å². The van der Waals surface area contributed by atoms with Crippen molar-refractivity contribution in [3.05, 3.63) is 24.0 Å². The van der Waals surface area contributed by atoms with Crippen molar-refractivity contribution in [1.29, 1.82) is 0 Å². The van der Waals surface area contributed by atoms with Gasteiger partial charge in [-0.1, -0.05) is 13.8 Å². The molecule has 0 saturated carbocycles. The molecule has 1 amide bonds. The van der Waals surface area contributed by atoms with Gasteiger partial charge in [0.05, 0.1) is 5.92 Å². The Labute approximate surface area is 90.2 Å². The highest BCUT2D eigenvalue weighted by Crippen LogP contribution is 2.22. The van der Waals surface area contributed by atoms with E-state index in [1.807, 2.05) is 32.2 Å². The Hall–Kier alpha value is -1.29. The molecule has 0 fully saturated rings. The molecular weight excluding hydrogens is 190 g/mol. The first-order valence-corrected chi connectivity index (χ1v) is 5.28. The zero-order chi connectivity index (χ0) is 11.3. The number of hydrogen-bond donors (Lipinski definition) is 3. The topological polar surface area (TPSA) is 70.9 Å². The lowest BCUT2D eigenvalue weighted by molar-refractivity contribution is -0.123. The summed E-state index contributed by atoms with van der Waals surface area (Å²) < 4.78 is 0. The highest BCUT2D eigenvalue weighted by molar-refractivity contribution is 5.83. The van der Waals surface area contributed by atoms with Crippen molar-refractivity contribution in [1.82, 2.24) is 10.3 Å². The quantitative estimate of drug-likeness (QED) is 0.672. The standard InChI is InChI=1S/C11H19N3O/c1-8(2)10(9-4-3-6-13-9)11(15)14-7-5-12/h3-4,6,8,10,13H,5,7,12H2,1-2H3,(H,14,15). The number of rotatable bonds is 5. The van der Waals surface area contributed by atoms with E-state index in [2.05, 4.69) is 10.3 Å². The van der Waals surface area contributed by atoms with Crippen molar-refractivity contribution < 1.29 is 4.79 Å². The summed E-state index contributed by atoms with van der Waals surface area (Å²) in [7, 11) is 0. The van der Waals surface area contributed by atoms with Gasteiger partial charge in [-0.25, -0.2) is 0 Å². The summed E-state index contributed by atoms with van der Waals surface area (Å²) in [5.41, 5.74) is 6.31. The Kier molecular flexibility index (Phi) is 4.37. The van der Waals surface area contributed by atoms with E-state index in [1.165, 1.54) is 0 Å². The van der Waals surface area contributed by atoms with Crippen LogP contribution in [0.15, 0.2) is 18.3 Å². The maximum atomic E-state index is 11.9. The third kappa shape index (κ3) is 3.09. The first-order valence-electron chi connectivity index (χ1n) is 5.28. The zero-order valence-electron chi connectivity index (χ0n) is 9.29. The average molecular weight is 209 g/mol. The zero-order valence-corrected chi connectivity index (χ0v) is 9.29. The Balaban J connectivity index is 2.71. The SMILES string of the molecule is CC(C)C(C(=O)NCCN)c1ccc[nH]1. The maximum absolute atomic E-state index is 11.9. The highest BCUT2D eigenvalue weighted by Gasteiger charge is 2.24. The van der Waals surface area contributed by atoms with E-state index in [0.717, 1.165) is 5.69 Å². The van der Waals surface area contributed by atoms with Crippen molar-refractivity contribution in [2.24, 2.45) is 11.7 Å². The van der Waals surface area contributed by atoms with Crippen molar-refractivity contribution in [3.63, 3.8) is 0 Å². The van der Waals surface area contributed by atoms with E-state index in [9.17, 15) is 4.79 Å². The van der Waals surface area contributed by atoms with E-state index < -0.39 is 0 Å². The molecule has 0 aromatic carbocycles. The summed E-state index contributed by atoms with van der Waals surface area (Å²) in [6, 6.07) is 3.84. The largest absolute Gasteiger partial charge is 0.364 e. The first kappa shape index (κ1) is 11.8. The van der Waals surface area contributed by atoms with E-state index in [4.69, 9.17) is 5.73 Å². The van der Waals surface area contributed by atoms with E-state index >= 15 is 0 Å². The summed E-state index contributed by atoms with van der Waals surface area (Å²) in [4.78, 5) is 14.9. The van der Waals surface area contributed by atoms with Gasteiger partial charge in [0, 0.05) is 25.0 Å². The number of carbonyl (C=O) groups excluding carboxylic acids is 1. The van der Waals surface area contributed by atoms with Gasteiger partial charge in [-0.3, -0.25) is 4.79 Å². The predicted molar refractivity (Wildman–Crippen MR) is 60.4 cm³/mol. The molecular formula is C11H19N3O. The number of H-pyrrole nitrogens is 1. The Morgan fingerprint density at radius 1 is 1.60 bits per heavy atom. The van der Waals surface area contributed by atoms with Crippen LogP contribution in [0.3, 0.4) is 0 Å². The molecule has 4 heteroatoms. The molecule has 1 aromatic heterocycles. The van der Waals surface area contributed by atoms with Gasteiger partial charge in [-0.2, -0.15) is 0 Å². The van der Waals surface area contributed by atoms with Crippen LogP contribution in [-0.4, -0.2) is 24.0 Å². The van der Waals surface area contributed by atoms with Crippen molar-refractivity contribution in [3.8, 4) is 0 Å². The van der Waals surface area contributed by atoms with Crippen LogP contribution in [0.5, 0.6) is 0 Å². The van der Waals surface area contributed by atoms with Gasteiger partial charge in [0.2, 0.25) is 5.91 Å². The van der Waals surface area contributed by atoms with Crippen LogP contribution in [0.4, 0.5) is 0 Å². The fraction of sp³-hybridized carbons (Fsp3) is 0.545. The third-order valence-corrected chi connectivity index (χ3v) is 2.35. The van der Waals surface area contributed by atoms with Crippen molar-refractivity contribution in [2.75, 3.05) is 13.1 Å². The fourth-order valence-corrected chi connectivity index (χ4v) is 1.65. The Bertz CT molecular complexity index is 293. The lowest BCUT2D eigenvalue weighted by atomic mass is 9.92. The molecule has 15 heavy (non-hydrogen) atoms. The molecule has 4 N–H and O–H groups in total. The summed E-state index contributed by atoms with van der Waals surface area (Å²) in [5, 5.41) is 2.82. The van der Waals surface area contributed by atoms with E-state index in [-0.39, 0.29) is 17.7 Å². The molecule has 84 valence electrons. The molecule has 4 nitrogen and oxygen atoms in total. The molecule has 0 aliphatic carbocycles. The molecule has 0 radical (unpaired) electrons. The summed E-state index contributed by atoms with van der Waals surface area (Å²) in [5.74, 6) is 0.186. The number of nitrogens with two attached hydrogens (primary N) is 1. The molecule has 1 atom stereocenters. The number of aromatic amines is 1. The van der Waals surface area contributed by atoms with Crippen LogP contribution in [-0.2, 0) is 4.79 Å². The molecule has 0 saturated heterocycles. The van der Waals surface area contributed by atoms with Crippen LogP contribution < -0.4 is 11.1 Å². The molecule has 0 aliphatic heterocycles. The van der Waals surface area contributed by atoms with Crippen LogP contribution in [0.25, 0.3) is 0 Å². The number of carbonyl (C=O) groups is 1. The van der Waals surface area contributed by atoms with Crippen LogP contribution >= 0.6 is 0 Å². The van der Waals surface area contributed by atoms with Gasteiger partial charge in [0.1, 0.15) is 0 Å². The molecule has 0 spiro atoms. The molecule has 0 aliphatic rings. The van der Waals surface area contributed by atoms with Gasteiger partial charge >= 0.3 is 0 Å². The minimum atomic E-state index is -0.119. The number of hydrogen-bond acceptors (Lipinski definition) is 2. The van der Waals surface area contributed by atoms with E-state index in [1.54, 1.807) is 0 Å². The van der Waals surface area contributed by atoms with Crippen molar-refractivity contribution >= 4 is 5.91 Å². The van der Waals surface area contributed by atoms with Gasteiger partial charge in [-0.15, -0.1) is 0 Å². The van der Waals surface area contributed by atoms with Crippen molar-refractivity contribution in [2.45, 2.75) is 19.8 Å². The predicted octanol–water partition coefficient (Wildman–Crippen LogP) is 0.829. The van der Waals surface area contributed by atoms with Crippen LogP contribution in [0.2, 0.25) is 0 Å². The Morgan fingerprint density at radius 2 is 2.33 bits per heavy atom. The summed E-state index contributed by atoms with van der Waals surface area (Å²) in [6.45, 7) is 5.07. The first-order chi connectivity index (χ1) is 7.16. The second-order valence-electron chi connectivity index (χ2n) is 3.93. The van der Waals surface area contributed by atoms with Crippen LogP contribution in [0, 0.1) is 5.92 Å². The van der Waals surface area contributed by atoms with Gasteiger partial charge in [0.15, 0.2) is 0 Å². The second-order valence-corrected chi connectivity index (χ2v) is 3.93. The molecule has 1 aromatic rings. The molecule has 1 rings (SSSR count). The molecule has 1 unspecified atom stereocenters. The smallest absolute Gasteiger partial charge is 0.229 e. The maximum Gasteiger partial charge on any atom is 0.229 e. The third-order valence-electron chi connectivity index (χ3n) is 2.35. The second kappa shape index (κ2) is 5.56. The van der Waals surface area contributed by atoms with E-state index in [0.29, 0.717) is 13.1 Å². The van der Waals surface area contributed by atoms with Gasteiger partial charge in [0.25, 0.3) is 0 Å². The normalized spacial score (nSPS) is 12.8. The Morgan fingerprint density at radius 3 is 2.80 bits per heavy atom. The summed E-state index contributed by atoms with van der Waals surface area (Å²) in [6.07, 6.45) is 1.83. The van der Waals surface area contributed by atoms with Gasteiger partial charge in [-0.05, 0) is 18.1 Å². The average Bonchev–Trinajstić information content (AvgIpc) is 2.67. The monoisotopic (exact) mass is 209 g/mol. The number of nitrogens with one attached hydrogen (secondary N) is 2. The lowest BCUT2D eigenvalue weighted by Crippen LogP contribution is -2.35. The fourth-order valence-electron chi connectivity index (χ4n) is 1.65. The molecule has 1 heterocycles. The summed E-state index contributed by atoms with van der Waals surface area (Å²) >= 11 is 0. The lowest BCUT2D eigenvalue weighted by Gasteiger charge is -2.18. The highest BCUT2D eigenvalue weighted by atomic mass is 16.1. The number of aromatic nitrogens is 1. The number of amides is 1. The van der Waals surface area contributed by atoms with Crippen LogP contribution in [0.1, 0.15) is 25.5 Å². The minimum Gasteiger partial charge on any atom is -0.364 e. The molecule has 0 bridgehead atoms. The minimum absolute atomic E-state index is 0.0397.